The third-order valence-corrected chi connectivity index (χ3v) is 5.02. The molecular formula is C18H25ClN2O3. The van der Waals surface area contributed by atoms with Crippen molar-refractivity contribution in [3.63, 3.8) is 0 Å². The lowest BCUT2D eigenvalue weighted by Crippen LogP contribution is -2.55. The Kier molecular flexibility index (Phi) is 6.63. The van der Waals surface area contributed by atoms with Gasteiger partial charge in [0.1, 0.15) is 0 Å². The fourth-order valence-corrected chi connectivity index (χ4v) is 3.32. The van der Waals surface area contributed by atoms with Gasteiger partial charge in [-0.05, 0) is 37.4 Å². The van der Waals surface area contributed by atoms with E-state index in [1.54, 1.807) is 0 Å². The van der Waals surface area contributed by atoms with Crippen LogP contribution >= 0.6 is 11.6 Å². The average molecular weight is 353 g/mol. The first-order valence-electron chi connectivity index (χ1n) is 8.40. The second-order valence-electron chi connectivity index (χ2n) is 6.48. The molecule has 5 nitrogen and oxygen atoms in total. The molecule has 1 aromatic rings. The Bertz CT molecular complexity index is 587. The van der Waals surface area contributed by atoms with Crippen LogP contribution in [0.5, 0.6) is 0 Å². The number of carbonyl (C=O) groups is 2. The molecule has 1 atom stereocenters. The van der Waals surface area contributed by atoms with Crippen LogP contribution in [-0.4, -0.2) is 47.1 Å². The minimum atomic E-state index is -0.808. The average Bonchev–Trinajstić information content (AvgIpc) is 2.50. The zero-order valence-corrected chi connectivity index (χ0v) is 14.9. The number of benzene rings is 1. The summed E-state index contributed by atoms with van der Waals surface area (Å²) in [6.07, 6.45) is 2.24. The van der Waals surface area contributed by atoms with Crippen molar-refractivity contribution in [2.45, 2.75) is 45.2 Å². The van der Waals surface area contributed by atoms with E-state index in [9.17, 15) is 9.59 Å². The van der Waals surface area contributed by atoms with Crippen molar-refractivity contribution in [3.8, 4) is 0 Å². The highest BCUT2D eigenvalue weighted by atomic mass is 35.5. The van der Waals surface area contributed by atoms with Gasteiger partial charge in [-0.3, -0.25) is 14.5 Å². The molecule has 0 spiro atoms. The first-order valence-corrected chi connectivity index (χ1v) is 8.78. The van der Waals surface area contributed by atoms with Crippen molar-refractivity contribution in [1.29, 1.82) is 0 Å². The van der Waals surface area contributed by atoms with Crippen LogP contribution in [0.3, 0.4) is 0 Å². The van der Waals surface area contributed by atoms with Gasteiger partial charge in [0.2, 0.25) is 5.91 Å². The Hall–Kier alpha value is -1.59. The summed E-state index contributed by atoms with van der Waals surface area (Å²) < 4.78 is 0. The number of hydrogen-bond donors (Lipinski definition) is 2. The van der Waals surface area contributed by atoms with E-state index in [4.69, 9.17) is 16.7 Å². The predicted molar refractivity (Wildman–Crippen MR) is 94.2 cm³/mol. The predicted octanol–water partition coefficient (Wildman–Crippen LogP) is 2.57. The van der Waals surface area contributed by atoms with E-state index in [2.05, 4.69) is 5.32 Å². The molecule has 0 radical (unpaired) electrons. The van der Waals surface area contributed by atoms with Crippen molar-refractivity contribution in [1.82, 2.24) is 10.2 Å². The molecular weight excluding hydrogens is 328 g/mol. The molecule has 2 N–H and O–H groups in total. The van der Waals surface area contributed by atoms with Gasteiger partial charge in [0.25, 0.3) is 0 Å². The first kappa shape index (κ1) is 18.7. The van der Waals surface area contributed by atoms with Gasteiger partial charge in [0.05, 0.1) is 6.54 Å². The lowest BCUT2D eigenvalue weighted by atomic mass is 9.84. The first-order chi connectivity index (χ1) is 11.4. The highest BCUT2D eigenvalue weighted by molar-refractivity contribution is 6.31. The molecule has 6 heteroatoms. The van der Waals surface area contributed by atoms with Crippen molar-refractivity contribution >= 4 is 23.5 Å². The summed E-state index contributed by atoms with van der Waals surface area (Å²) >= 11 is 6.14. The van der Waals surface area contributed by atoms with Gasteiger partial charge in [-0.15, -0.1) is 0 Å². The van der Waals surface area contributed by atoms with Gasteiger partial charge in [0.15, 0.2) is 0 Å². The standard InChI is InChI=1S/C18H25ClN2O3/c1-3-21(11-17(22)23)15-9-14(10-15)20-18(24)12(2)8-13-6-4-5-7-16(13)19/h4-7,12,14-15H,3,8-11H2,1-2H3,(H,20,24)(H,22,23). The summed E-state index contributed by atoms with van der Waals surface area (Å²) in [5, 5.41) is 12.7. The maximum Gasteiger partial charge on any atom is 0.317 e. The van der Waals surface area contributed by atoms with Gasteiger partial charge in [-0.25, -0.2) is 0 Å². The lowest BCUT2D eigenvalue weighted by molar-refractivity contribution is -0.140. The Morgan fingerprint density at radius 1 is 1.38 bits per heavy atom. The number of aliphatic carboxylic acids is 1. The number of likely N-dealkylation sites (N-methyl/N-ethyl adjacent to an activating group) is 1. The van der Waals surface area contributed by atoms with E-state index in [1.807, 2.05) is 43.0 Å². The molecule has 1 amide bonds. The van der Waals surface area contributed by atoms with Crippen molar-refractivity contribution in [2.24, 2.45) is 5.92 Å². The number of carboxylic acid groups (broad SMARTS) is 1. The molecule has 1 aliphatic carbocycles. The fourth-order valence-electron chi connectivity index (χ4n) is 3.11. The molecule has 24 heavy (non-hydrogen) atoms. The third kappa shape index (κ3) is 4.95. The summed E-state index contributed by atoms with van der Waals surface area (Å²) in [7, 11) is 0. The molecule has 0 aromatic heterocycles. The van der Waals surface area contributed by atoms with Crippen LogP contribution in [-0.2, 0) is 16.0 Å². The Balaban J connectivity index is 1.78. The van der Waals surface area contributed by atoms with Gasteiger partial charge in [0, 0.05) is 23.0 Å². The quantitative estimate of drug-likeness (QED) is 0.754. The summed E-state index contributed by atoms with van der Waals surface area (Å²) in [6, 6.07) is 7.96. The van der Waals surface area contributed by atoms with Gasteiger partial charge in [-0.2, -0.15) is 0 Å². The molecule has 1 fully saturated rings. The highest BCUT2D eigenvalue weighted by Gasteiger charge is 2.35. The molecule has 132 valence electrons. The monoisotopic (exact) mass is 352 g/mol. The molecule has 0 bridgehead atoms. The lowest BCUT2D eigenvalue weighted by Gasteiger charge is -2.42. The van der Waals surface area contributed by atoms with Crippen LogP contribution in [0, 0.1) is 5.92 Å². The van der Waals surface area contributed by atoms with Gasteiger partial charge < -0.3 is 10.4 Å². The van der Waals surface area contributed by atoms with Crippen LogP contribution in [0.4, 0.5) is 0 Å². The Morgan fingerprint density at radius 2 is 2.04 bits per heavy atom. The van der Waals surface area contributed by atoms with Crippen molar-refractivity contribution in [3.05, 3.63) is 34.9 Å². The number of amides is 1. The zero-order valence-electron chi connectivity index (χ0n) is 14.2. The SMILES string of the molecule is CCN(CC(=O)O)C1CC(NC(=O)C(C)Cc2ccccc2Cl)C1. The zero-order chi connectivity index (χ0) is 17.7. The summed E-state index contributed by atoms with van der Waals surface area (Å²) in [6.45, 7) is 4.63. The molecule has 1 aliphatic rings. The van der Waals surface area contributed by atoms with E-state index < -0.39 is 5.97 Å². The summed E-state index contributed by atoms with van der Waals surface area (Å²) in [4.78, 5) is 25.1. The normalized spacial score (nSPS) is 21.2. The number of rotatable bonds is 8. The van der Waals surface area contributed by atoms with Crippen LogP contribution in [0.15, 0.2) is 24.3 Å². The van der Waals surface area contributed by atoms with E-state index >= 15 is 0 Å². The van der Waals surface area contributed by atoms with Gasteiger partial charge in [-0.1, -0.05) is 43.6 Å². The number of nitrogens with one attached hydrogen (secondary N) is 1. The summed E-state index contributed by atoms with van der Waals surface area (Å²) in [5.74, 6) is -0.928. The number of carboxylic acids is 1. The maximum absolute atomic E-state index is 12.3. The minimum Gasteiger partial charge on any atom is -0.480 e. The molecule has 2 rings (SSSR count). The molecule has 0 heterocycles. The van der Waals surface area contributed by atoms with Crippen molar-refractivity contribution < 1.29 is 14.7 Å². The van der Waals surface area contributed by atoms with Gasteiger partial charge >= 0.3 is 5.97 Å². The van der Waals surface area contributed by atoms with Crippen LogP contribution in [0.2, 0.25) is 5.02 Å². The van der Waals surface area contributed by atoms with Crippen LogP contribution < -0.4 is 5.32 Å². The fraction of sp³-hybridized carbons (Fsp3) is 0.556. The second-order valence-corrected chi connectivity index (χ2v) is 6.89. The maximum atomic E-state index is 12.3. The largest absolute Gasteiger partial charge is 0.480 e. The van der Waals surface area contributed by atoms with Crippen LogP contribution in [0.25, 0.3) is 0 Å². The molecule has 1 saturated carbocycles. The highest BCUT2D eigenvalue weighted by Crippen LogP contribution is 2.26. The van der Waals surface area contributed by atoms with Crippen LogP contribution in [0.1, 0.15) is 32.3 Å². The molecule has 1 aromatic carbocycles. The minimum absolute atomic E-state index is 0.0275. The molecule has 0 saturated heterocycles. The van der Waals surface area contributed by atoms with Crippen molar-refractivity contribution in [2.75, 3.05) is 13.1 Å². The number of carbonyl (C=O) groups excluding carboxylic acids is 1. The van der Waals surface area contributed by atoms with E-state index in [-0.39, 0.29) is 30.5 Å². The smallest absolute Gasteiger partial charge is 0.317 e. The Labute approximate surface area is 148 Å². The Morgan fingerprint density at radius 3 is 2.62 bits per heavy atom. The molecule has 0 aliphatic heterocycles. The number of hydrogen-bond acceptors (Lipinski definition) is 3. The van der Waals surface area contributed by atoms with E-state index in [0.717, 1.165) is 18.4 Å². The molecule has 1 unspecified atom stereocenters. The summed E-state index contributed by atoms with van der Waals surface area (Å²) in [5.41, 5.74) is 0.979. The van der Waals surface area contributed by atoms with E-state index in [1.165, 1.54) is 0 Å². The topological polar surface area (TPSA) is 69.6 Å². The number of halogens is 1. The number of nitrogens with zero attached hydrogens (tertiary/aromatic N) is 1. The third-order valence-electron chi connectivity index (χ3n) is 4.65. The second kappa shape index (κ2) is 8.49. The van der Waals surface area contributed by atoms with E-state index in [0.29, 0.717) is 18.0 Å².